The molecule has 1 aliphatic carbocycles. The van der Waals surface area contributed by atoms with Crippen molar-refractivity contribution in [2.75, 3.05) is 53.4 Å². The Kier molecular flexibility index (Phi) is 11.0. The van der Waals surface area contributed by atoms with Gasteiger partial charge in [-0.05, 0) is 51.6 Å². The van der Waals surface area contributed by atoms with Crippen molar-refractivity contribution in [2.24, 2.45) is 16.3 Å². The van der Waals surface area contributed by atoms with E-state index in [2.05, 4.69) is 29.4 Å². The number of rotatable bonds is 7. The monoisotopic (exact) mass is 493 g/mol. The number of hydrogen-bond acceptors (Lipinski definition) is 3. The Bertz CT molecular complexity index is 469. The maximum Gasteiger partial charge on any atom is 0.230 e. The molecule has 158 valence electrons. The normalized spacial score (nSPS) is 20.8. The van der Waals surface area contributed by atoms with Crippen LogP contribution in [0.3, 0.4) is 0 Å². The summed E-state index contributed by atoms with van der Waals surface area (Å²) in [6, 6.07) is 0. The minimum atomic E-state index is -0.297. The highest BCUT2D eigenvalue weighted by Crippen LogP contribution is 2.39. The smallest absolute Gasteiger partial charge is 0.230 e. The largest absolute Gasteiger partial charge is 0.357 e. The molecular weight excluding hydrogens is 453 g/mol. The number of piperidine rings is 1. The molecule has 2 aliphatic rings. The van der Waals surface area contributed by atoms with Crippen molar-refractivity contribution in [2.45, 2.75) is 52.4 Å². The van der Waals surface area contributed by atoms with E-state index in [1.807, 2.05) is 14.1 Å². The summed E-state index contributed by atoms with van der Waals surface area (Å²) in [6.45, 7) is 10.2. The average Bonchev–Trinajstić information content (AvgIpc) is 3.10. The maximum atomic E-state index is 12.7. The van der Waals surface area contributed by atoms with Crippen LogP contribution < -0.4 is 10.6 Å². The second-order valence-corrected chi connectivity index (χ2v) is 8.33. The van der Waals surface area contributed by atoms with Crippen LogP contribution in [0, 0.1) is 11.3 Å². The van der Waals surface area contributed by atoms with Gasteiger partial charge < -0.3 is 20.4 Å². The average molecular weight is 493 g/mol. The van der Waals surface area contributed by atoms with Gasteiger partial charge in [0.25, 0.3) is 0 Å². The van der Waals surface area contributed by atoms with Gasteiger partial charge in [0.1, 0.15) is 0 Å². The molecule has 0 atom stereocenters. The van der Waals surface area contributed by atoms with Crippen LogP contribution in [-0.2, 0) is 4.79 Å². The maximum absolute atomic E-state index is 12.7. The van der Waals surface area contributed by atoms with Gasteiger partial charge in [0, 0.05) is 33.7 Å². The summed E-state index contributed by atoms with van der Waals surface area (Å²) in [5.74, 6) is 1.95. The molecule has 1 amide bonds. The molecule has 0 bridgehead atoms. The Morgan fingerprint density at radius 3 is 2.37 bits per heavy atom. The van der Waals surface area contributed by atoms with Gasteiger partial charge in [-0.25, -0.2) is 0 Å². The molecule has 6 nitrogen and oxygen atoms in total. The second kappa shape index (κ2) is 12.1. The molecule has 1 saturated heterocycles. The van der Waals surface area contributed by atoms with Crippen molar-refractivity contribution < 1.29 is 4.79 Å². The highest BCUT2D eigenvalue weighted by molar-refractivity contribution is 14.0. The summed E-state index contributed by atoms with van der Waals surface area (Å²) in [6.07, 6.45) is 6.79. The fraction of sp³-hybridized carbons (Fsp3) is 0.900. The molecule has 0 aromatic heterocycles. The molecule has 0 radical (unpaired) electrons. The van der Waals surface area contributed by atoms with Gasteiger partial charge in [0.2, 0.25) is 5.91 Å². The van der Waals surface area contributed by atoms with E-state index in [0.717, 1.165) is 57.2 Å². The number of nitrogens with zero attached hydrogens (tertiary/aromatic N) is 3. The molecule has 1 heterocycles. The van der Waals surface area contributed by atoms with Crippen LogP contribution in [0.2, 0.25) is 0 Å². The van der Waals surface area contributed by atoms with Crippen molar-refractivity contribution in [3.05, 3.63) is 0 Å². The molecule has 0 aromatic rings. The van der Waals surface area contributed by atoms with E-state index in [1.54, 1.807) is 4.90 Å². The van der Waals surface area contributed by atoms with Crippen LogP contribution in [0.5, 0.6) is 0 Å². The first-order valence-electron chi connectivity index (χ1n) is 10.4. The number of nitrogens with one attached hydrogen (secondary N) is 2. The predicted molar refractivity (Wildman–Crippen MR) is 124 cm³/mol. The van der Waals surface area contributed by atoms with Gasteiger partial charge in [-0.15, -0.1) is 24.0 Å². The van der Waals surface area contributed by atoms with Crippen LogP contribution in [0.1, 0.15) is 52.4 Å². The van der Waals surface area contributed by atoms with Gasteiger partial charge in [-0.3, -0.25) is 9.79 Å². The van der Waals surface area contributed by atoms with Gasteiger partial charge in [0.15, 0.2) is 5.96 Å². The molecular formula is C20H40IN5O. The van der Waals surface area contributed by atoms with E-state index in [4.69, 9.17) is 4.99 Å². The summed E-state index contributed by atoms with van der Waals surface area (Å²) < 4.78 is 0. The van der Waals surface area contributed by atoms with E-state index in [0.29, 0.717) is 6.54 Å². The van der Waals surface area contributed by atoms with E-state index in [-0.39, 0.29) is 35.3 Å². The summed E-state index contributed by atoms with van der Waals surface area (Å²) in [5, 5.41) is 6.79. The minimum Gasteiger partial charge on any atom is -0.357 e. The van der Waals surface area contributed by atoms with E-state index in [9.17, 15) is 4.79 Å². The molecule has 2 fully saturated rings. The highest BCUT2D eigenvalue weighted by atomic mass is 127. The lowest BCUT2D eigenvalue weighted by atomic mass is 9.85. The molecule has 0 unspecified atom stereocenters. The molecule has 1 aliphatic heterocycles. The predicted octanol–water partition coefficient (Wildman–Crippen LogP) is 2.54. The lowest BCUT2D eigenvalue weighted by Crippen LogP contribution is -2.45. The number of halogens is 1. The molecule has 27 heavy (non-hydrogen) atoms. The first-order valence-corrected chi connectivity index (χ1v) is 10.4. The molecule has 2 rings (SSSR count). The molecule has 1 saturated carbocycles. The third kappa shape index (κ3) is 7.40. The first kappa shape index (κ1) is 24.5. The van der Waals surface area contributed by atoms with Crippen molar-refractivity contribution in [1.82, 2.24) is 20.4 Å². The van der Waals surface area contributed by atoms with Crippen LogP contribution >= 0.6 is 24.0 Å². The SMILES string of the molecule is CCNC(=NCC1(C(=O)N(C)C)CCCC1)NCCN1CCC(C)CC1.I. The lowest BCUT2D eigenvalue weighted by molar-refractivity contribution is -0.138. The summed E-state index contributed by atoms with van der Waals surface area (Å²) >= 11 is 0. The van der Waals surface area contributed by atoms with Gasteiger partial charge >= 0.3 is 0 Å². The zero-order chi connectivity index (χ0) is 19.0. The van der Waals surface area contributed by atoms with Crippen LogP contribution in [0.25, 0.3) is 0 Å². The van der Waals surface area contributed by atoms with Crippen LogP contribution in [0.4, 0.5) is 0 Å². The van der Waals surface area contributed by atoms with Gasteiger partial charge in [0.05, 0.1) is 12.0 Å². The Hall–Kier alpha value is -0.570. The molecule has 7 heteroatoms. The zero-order valence-electron chi connectivity index (χ0n) is 17.7. The van der Waals surface area contributed by atoms with E-state index < -0.39 is 0 Å². The molecule has 0 aromatic carbocycles. The number of likely N-dealkylation sites (tertiary alicyclic amines) is 1. The van der Waals surface area contributed by atoms with E-state index >= 15 is 0 Å². The summed E-state index contributed by atoms with van der Waals surface area (Å²) in [5.41, 5.74) is -0.297. The van der Waals surface area contributed by atoms with Crippen molar-refractivity contribution >= 4 is 35.8 Å². The third-order valence-electron chi connectivity index (χ3n) is 5.90. The fourth-order valence-electron chi connectivity index (χ4n) is 4.16. The number of hydrogen-bond donors (Lipinski definition) is 2. The highest BCUT2D eigenvalue weighted by Gasteiger charge is 2.42. The van der Waals surface area contributed by atoms with E-state index in [1.165, 1.54) is 25.9 Å². The van der Waals surface area contributed by atoms with Crippen molar-refractivity contribution in [3.8, 4) is 0 Å². The van der Waals surface area contributed by atoms with Gasteiger partial charge in [-0.2, -0.15) is 0 Å². The second-order valence-electron chi connectivity index (χ2n) is 8.33. The number of amides is 1. The lowest BCUT2D eigenvalue weighted by Gasteiger charge is -2.30. The molecule has 2 N–H and O–H groups in total. The number of carbonyl (C=O) groups excluding carboxylic acids is 1. The quantitative estimate of drug-likeness (QED) is 0.325. The number of aliphatic imine (C=N–C) groups is 1. The Labute approximate surface area is 182 Å². The standard InChI is InChI=1S/C20H39N5O.HI/c1-5-21-19(22-12-15-25-13-8-17(2)9-14-25)23-16-20(10-6-7-11-20)18(26)24(3)4;/h17H,5-16H2,1-4H3,(H2,21,22,23);1H. The minimum absolute atomic E-state index is 0. The Morgan fingerprint density at radius 2 is 1.81 bits per heavy atom. The van der Waals surface area contributed by atoms with Crippen molar-refractivity contribution in [1.29, 1.82) is 0 Å². The van der Waals surface area contributed by atoms with Crippen LogP contribution in [-0.4, -0.2) is 75.0 Å². The Balaban J connectivity index is 0.00000364. The summed E-state index contributed by atoms with van der Waals surface area (Å²) in [4.78, 5) is 21.8. The topological polar surface area (TPSA) is 60.0 Å². The number of carbonyl (C=O) groups is 1. The fourth-order valence-corrected chi connectivity index (χ4v) is 4.16. The zero-order valence-corrected chi connectivity index (χ0v) is 20.1. The third-order valence-corrected chi connectivity index (χ3v) is 5.90. The van der Waals surface area contributed by atoms with Crippen LogP contribution in [0.15, 0.2) is 4.99 Å². The summed E-state index contributed by atoms with van der Waals surface area (Å²) in [7, 11) is 3.71. The van der Waals surface area contributed by atoms with Gasteiger partial charge in [-0.1, -0.05) is 19.8 Å². The van der Waals surface area contributed by atoms with Crippen molar-refractivity contribution in [3.63, 3.8) is 0 Å². The molecule has 0 spiro atoms. The number of guanidine groups is 1. The Morgan fingerprint density at radius 1 is 1.19 bits per heavy atom. The first-order chi connectivity index (χ1) is 12.5.